The van der Waals surface area contributed by atoms with Crippen LogP contribution in [0.15, 0.2) is 18.2 Å². The molecule has 7 heteroatoms. The van der Waals surface area contributed by atoms with Crippen molar-refractivity contribution in [3.05, 3.63) is 23.8 Å². The third kappa shape index (κ3) is 3.06. The predicted octanol–water partition coefficient (Wildman–Crippen LogP) is 2.57. The number of hydrogen-bond acceptors (Lipinski definition) is 2. The molecule has 98 valence electrons. The highest BCUT2D eigenvalue weighted by atomic mass is 19.4. The summed E-state index contributed by atoms with van der Waals surface area (Å²) >= 11 is 0. The number of halogens is 3. The molecule has 0 atom stereocenters. The fourth-order valence-electron chi connectivity index (χ4n) is 1.48. The van der Waals surface area contributed by atoms with Crippen LogP contribution in [0.2, 0.25) is 0 Å². The average molecular weight is 259 g/mol. The van der Waals surface area contributed by atoms with Gasteiger partial charge in [0.25, 0.3) is 0 Å². The summed E-state index contributed by atoms with van der Waals surface area (Å²) in [5.74, 6) is 0. The zero-order valence-corrected chi connectivity index (χ0v) is 9.34. The van der Waals surface area contributed by atoms with E-state index in [9.17, 15) is 18.0 Å². The molecule has 1 aromatic carbocycles. The number of rotatable bonds is 2. The van der Waals surface area contributed by atoms with Crippen LogP contribution in [0.3, 0.4) is 0 Å². The van der Waals surface area contributed by atoms with Crippen molar-refractivity contribution in [1.29, 1.82) is 0 Å². The van der Waals surface area contributed by atoms with Gasteiger partial charge in [0.1, 0.15) is 0 Å². The third-order valence-electron chi connectivity index (χ3n) is 2.51. The van der Waals surface area contributed by atoms with E-state index < -0.39 is 17.8 Å². The highest BCUT2D eigenvalue weighted by Gasteiger charge is 2.34. The molecule has 0 unspecified atom stereocenters. The van der Waals surface area contributed by atoms with Crippen molar-refractivity contribution in [1.82, 2.24) is 5.32 Å². The van der Waals surface area contributed by atoms with Crippen molar-refractivity contribution in [3.63, 3.8) is 0 Å². The molecule has 2 rings (SSSR count). The van der Waals surface area contributed by atoms with Crippen LogP contribution in [0.1, 0.15) is 18.4 Å². The Labute approximate surface area is 101 Å². The van der Waals surface area contributed by atoms with Crippen molar-refractivity contribution in [2.45, 2.75) is 25.1 Å². The van der Waals surface area contributed by atoms with Gasteiger partial charge in [-0.1, -0.05) is 0 Å². The molecule has 0 saturated heterocycles. The van der Waals surface area contributed by atoms with Crippen LogP contribution in [0, 0.1) is 0 Å². The standard InChI is InChI=1S/C11H12F3N3O/c12-11(13,14)8-5-6(15)1-4-9(8)17-10(18)16-7-2-3-7/h1,4-5,7H,2-3,15H2,(H2,16,17,18). The van der Waals surface area contributed by atoms with E-state index in [2.05, 4.69) is 10.6 Å². The first kappa shape index (κ1) is 12.5. The van der Waals surface area contributed by atoms with E-state index in [1.165, 1.54) is 6.07 Å². The normalized spacial score (nSPS) is 15.3. The van der Waals surface area contributed by atoms with Gasteiger partial charge in [-0.2, -0.15) is 13.2 Å². The van der Waals surface area contributed by atoms with Gasteiger partial charge in [-0.3, -0.25) is 0 Å². The molecular formula is C11H12F3N3O. The van der Waals surface area contributed by atoms with Gasteiger partial charge in [-0.15, -0.1) is 0 Å². The lowest BCUT2D eigenvalue weighted by Crippen LogP contribution is -2.31. The van der Waals surface area contributed by atoms with Gasteiger partial charge >= 0.3 is 12.2 Å². The molecule has 1 aliphatic carbocycles. The second kappa shape index (κ2) is 4.40. The number of anilines is 2. The summed E-state index contributed by atoms with van der Waals surface area (Å²) in [5, 5.41) is 4.74. The first-order valence-corrected chi connectivity index (χ1v) is 5.40. The topological polar surface area (TPSA) is 67.1 Å². The summed E-state index contributed by atoms with van der Waals surface area (Å²) < 4.78 is 38.2. The number of nitrogens with two attached hydrogens (primary N) is 1. The summed E-state index contributed by atoms with van der Waals surface area (Å²) in [6.45, 7) is 0. The van der Waals surface area contributed by atoms with E-state index in [1.807, 2.05) is 0 Å². The Kier molecular flexibility index (Phi) is 3.06. The first-order valence-electron chi connectivity index (χ1n) is 5.40. The van der Waals surface area contributed by atoms with Crippen LogP contribution >= 0.6 is 0 Å². The van der Waals surface area contributed by atoms with Crippen molar-refractivity contribution in [2.75, 3.05) is 11.1 Å². The molecule has 0 heterocycles. The molecule has 4 N–H and O–H groups in total. The molecule has 1 saturated carbocycles. The number of amides is 2. The number of carbonyl (C=O) groups excluding carboxylic acids is 1. The molecular weight excluding hydrogens is 247 g/mol. The van der Waals surface area contributed by atoms with E-state index in [0.29, 0.717) is 0 Å². The fraction of sp³-hybridized carbons (Fsp3) is 0.364. The number of hydrogen-bond donors (Lipinski definition) is 3. The second-order valence-corrected chi connectivity index (χ2v) is 4.18. The summed E-state index contributed by atoms with van der Waals surface area (Å²) in [5.41, 5.74) is 4.07. The lowest BCUT2D eigenvalue weighted by molar-refractivity contribution is -0.136. The smallest absolute Gasteiger partial charge is 0.399 e. The molecule has 1 aliphatic rings. The molecule has 4 nitrogen and oxygen atoms in total. The highest BCUT2D eigenvalue weighted by molar-refractivity contribution is 5.90. The minimum atomic E-state index is -4.56. The zero-order valence-electron chi connectivity index (χ0n) is 9.34. The van der Waals surface area contributed by atoms with Crippen molar-refractivity contribution in [2.24, 2.45) is 0 Å². The molecule has 0 aromatic heterocycles. The number of urea groups is 1. The second-order valence-electron chi connectivity index (χ2n) is 4.18. The maximum atomic E-state index is 12.7. The van der Waals surface area contributed by atoms with Crippen molar-refractivity contribution < 1.29 is 18.0 Å². The number of carbonyl (C=O) groups is 1. The average Bonchev–Trinajstić information content (AvgIpc) is 3.03. The predicted molar refractivity (Wildman–Crippen MR) is 61.0 cm³/mol. The number of benzene rings is 1. The van der Waals surface area contributed by atoms with Gasteiger partial charge in [0.15, 0.2) is 0 Å². The van der Waals surface area contributed by atoms with Crippen LogP contribution in [0.4, 0.5) is 29.3 Å². The van der Waals surface area contributed by atoms with E-state index >= 15 is 0 Å². The minimum Gasteiger partial charge on any atom is -0.399 e. The maximum Gasteiger partial charge on any atom is 0.418 e. The third-order valence-corrected chi connectivity index (χ3v) is 2.51. The molecule has 0 bridgehead atoms. The van der Waals surface area contributed by atoms with Gasteiger partial charge in [0, 0.05) is 11.7 Å². The lowest BCUT2D eigenvalue weighted by atomic mass is 10.1. The highest BCUT2D eigenvalue weighted by Crippen LogP contribution is 2.36. The van der Waals surface area contributed by atoms with Crippen molar-refractivity contribution in [3.8, 4) is 0 Å². The SMILES string of the molecule is Nc1ccc(NC(=O)NC2CC2)c(C(F)(F)F)c1. The Morgan fingerprint density at radius 1 is 1.33 bits per heavy atom. The number of nitrogen functional groups attached to an aromatic ring is 1. The van der Waals surface area contributed by atoms with Gasteiger partial charge < -0.3 is 16.4 Å². The number of nitrogens with one attached hydrogen (secondary N) is 2. The molecule has 18 heavy (non-hydrogen) atoms. The van der Waals surface area contributed by atoms with Crippen LogP contribution in [0.25, 0.3) is 0 Å². The molecule has 0 spiro atoms. The van der Waals surface area contributed by atoms with Gasteiger partial charge in [-0.05, 0) is 31.0 Å². The van der Waals surface area contributed by atoms with Crippen LogP contribution in [-0.2, 0) is 6.18 Å². The Bertz CT molecular complexity index is 469. The Morgan fingerprint density at radius 2 is 2.00 bits per heavy atom. The monoisotopic (exact) mass is 259 g/mol. The lowest BCUT2D eigenvalue weighted by Gasteiger charge is -2.14. The zero-order chi connectivity index (χ0) is 13.3. The molecule has 0 radical (unpaired) electrons. The quantitative estimate of drug-likeness (QED) is 0.714. The minimum absolute atomic E-state index is 0.00419. The molecule has 0 aliphatic heterocycles. The van der Waals surface area contributed by atoms with Crippen molar-refractivity contribution >= 4 is 17.4 Å². The summed E-state index contributed by atoms with van der Waals surface area (Å²) in [6, 6.07) is 2.69. The van der Waals surface area contributed by atoms with E-state index in [-0.39, 0.29) is 17.4 Å². The Hall–Kier alpha value is -1.92. The molecule has 2 amide bonds. The van der Waals surface area contributed by atoms with Crippen LogP contribution < -0.4 is 16.4 Å². The van der Waals surface area contributed by atoms with E-state index in [4.69, 9.17) is 5.73 Å². The number of alkyl halides is 3. The molecule has 1 fully saturated rings. The van der Waals surface area contributed by atoms with E-state index in [1.54, 1.807) is 0 Å². The van der Waals surface area contributed by atoms with E-state index in [0.717, 1.165) is 25.0 Å². The largest absolute Gasteiger partial charge is 0.418 e. The van der Waals surface area contributed by atoms with Gasteiger partial charge in [0.05, 0.1) is 11.3 Å². The molecule has 1 aromatic rings. The van der Waals surface area contributed by atoms with Crippen LogP contribution in [0.5, 0.6) is 0 Å². The van der Waals surface area contributed by atoms with Crippen LogP contribution in [-0.4, -0.2) is 12.1 Å². The van der Waals surface area contributed by atoms with Gasteiger partial charge in [-0.25, -0.2) is 4.79 Å². The summed E-state index contributed by atoms with van der Waals surface area (Å²) in [6.07, 6.45) is -2.83. The first-order chi connectivity index (χ1) is 8.36. The fourth-order valence-corrected chi connectivity index (χ4v) is 1.48. The van der Waals surface area contributed by atoms with Gasteiger partial charge in [0.2, 0.25) is 0 Å². The Balaban J connectivity index is 2.17. The maximum absolute atomic E-state index is 12.7. The Morgan fingerprint density at radius 3 is 2.56 bits per heavy atom. The summed E-state index contributed by atoms with van der Waals surface area (Å²) in [7, 11) is 0. The summed E-state index contributed by atoms with van der Waals surface area (Å²) in [4.78, 5) is 11.4.